The molecule has 0 saturated carbocycles. The zero-order valence-electron chi connectivity index (χ0n) is 20.9. The second kappa shape index (κ2) is 13.7. The van der Waals surface area contributed by atoms with E-state index in [1.165, 1.54) is 0 Å². The topological polar surface area (TPSA) is 70.4 Å². The van der Waals surface area contributed by atoms with Gasteiger partial charge in [0, 0.05) is 58.9 Å². The maximum absolute atomic E-state index is 10.9. The molecule has 3 aromatic rings. The van der Waals surface area contributed by atoms with Crippen molar-refractivity contribution in [2.24, 2.45) is 0 Å². The van der Waals surface area contributed by atoms with Gasteiger partial charge in [0.25, 0.3) is 0 Å². The average molecular weight is 490 g/mol. The molecule has 0 unspecified atom stereocenters. The van der Waals surface area contributed by atoms with Gasteiger partial charge < -0.3 is 15.3 Å². The summed E-state index contributed by atoms with van der Waals surface area (Å²) >= 11 is 0. The normalized spacial score (nSPS) is 19.1. The van der Waals surface area contributed by atoms with Crippen molar-refractivity contribution in [1.29, 1.82) is 0 Å². The van der Waals surface area contributed by atoms with E-state index in [-0.39, 0.29) is 0 Å². The Hall–Kier alpha value is -2.58. The number of hydrogen-bond donors (Lipinski definition) is 3. The fourth-order valence-electron chi connectivity index (χ4n) is 4.81. The van der Waals surface area contributed by atoms with Crippen molar-refractivity contribution >= 4 is 0 Å². The molecule has 6 nitrogen and oxygen atoms in total. The van der Waals surface area contributed by atoms with Crippen molar-refractivity contribution in [2.75, 3.05) is 58.9 Å². The molecule has 3 N–H and O–H groups in total. The van der Waals surface area contributed by atoms with Gasteiger partial charge in [0.1, 0.15) is 0 Å². The van der Waals surface area contributed by atoms with Gasteiger partial charge in [-0.3, -0.25) is 14.7 Å². The summed E-state index contributed by atoms with van der Waals surface area (Å²) in [5.41, 5.74) is 2.76. The van der Waals surface area contributed by atoms with Crippen molar-refractivity contribution in [3.8, 4) is 0 Å². The van der Waals surface area contributed by atoms with Crippen LogP contribution in [-0.2, 0) is 0 Å². The quantitative estimate of drug-likeness (QED) is 0.429. The van der Waals surface area contributed by atoms with Crippen molar-refractivity contribution in [1.82, 2.24) is 14.7 Å². The number of aliphatic hydroxyl groups is 3. The van der Waals surface area contributed by atoms with Gasteiger partial charge >= 0.3 is 0 Å². The molecule has 1 heterocycles. The van der Waals surface area contributed by atoms with Crippen molar-refractivity contribution in [3.63, 3.8) is 0 Å². The van der Waals surface area contributed by atoms with Crippen LogP contribution in [0.3, 0.4) is 0 Å². The first kappa shape index (κ1) is 26.5. The van der Waals surface area contributed by atoms with E-state index in [9.17, 15) is 15.3 Å². The Morgan fingerprint density at radius 2 is 0.639 bits per heavy atom. The molecule has 1 saturated heterocycles. The third-order valence-electron chi connectivity index (χ3n) is 7.04. The summed E-state index contributed by atoms with van der Waals surface area (Å²) in [6, 6.07) is 29.4. The van der Waals surface area contributed by atoms with Crippen molar-refractivity contribution in [2.45, 2.75) is 18.3 Å². The zero-order chi connectivity index (χ0) is 25.2. The predicted octanol–water partition coefficient (Wildman–Crippen LogP) is 3.11. The second-order valence-electron chi connectivity index (χ2n) is 9.68. The summed E-state index contributed by atoms with van der Waals surface area (Å²) in [6.45, 7) is 6.49. The Kier molecular flexibility index (Phi) is 10.0. The summed E-state index contributed by atoms with van der Waals surface area (Å²) < 4.78 is 0. The lowest BCUT2D eigenvalue weighted by Gasteiger charge is -2.28. The second-order valence-corrected chi connectivity index (χ2v) is 9.68. The number of rotatable bonds is 9. The van der Waals surface area contributed by atoms with E-state index in [0.717, 1.165) is 56.0 Å². The van der Waals surface area contributed by atoms with Gasteiger partial charge in [-0.1, -0.05) is 91.0 Å². The molecular formula is C30H39N3O3. The SMILES string of the molecule is O[C@H](CN1CCN(C[C@H](O)c2ccccc2)CCN(C[C@H](O)c2ccccc2)CC1)c1ccccc1. The lowest BCUT2D eigenvalue weighted by Crippen LogP contribution is -2.39. The van der Waals surface area contributed by atoms with Crippen LogP contribution in [0.5, 0.6) is 0 Å². The molecule has 4 rings (SSSR count). The monoisotopic (exact) mass is 489 g/mol. The van der Waals surface area contributed by atoms with Gasteiger partial charge in [0.05, 0.1) is 18.3 Å². The van der Waals surface area contributed by atoms with E-state index in [2.05, 4.69) is 14.7 Å². The maximum atomic E-state index is 10.9. The Labute approximate surface area is 215 Å². The van der Waals surface area contributed by atoms with Crippen LogP contribution in [0.2, 0.25) is 0 Å². The van der Waals surface area contributed by atoms with Gasteiger partial charge in [-0.05, 0) is 16.7 Å². The highest BCUT2D eigenvalue weighted by Gasteiger charge is 2.22. The Morgan fingerprint density at radius 3 is 0.861 bits per heavy atom. The van der Waals surface area contributed by atoms with Crippen LogP contribution in [-0.4, -0.2) is 88.9 Å². The van der Waals surface area contributed by atoms with Crippen LogP contribution in [0, 0.1) is 0 Å². The number of benzene rings is 3. The Balaban J connectivity index is 1.44. The van der Waals surface area contributed by atoms with Gasteiger partial charge in [-0.15, -0.1) is 0 Å². The van der Waals surface area contributed by atoms with E-state index < -0.39 is 18.3 Å². The van der Waals surface area contributed by atoms with Gasteiger partial charge in [0.15, 0.2) is 0 Å². The highest BCUT2D eigenvalue weighted by molar-refractivity contribution is 5.19. The van der Waals surface area contributed by atoms with Crippen LogP contribution < -0.4 is 0 Å². The molecule has 6 heteroatoms. The summed E-state index contributed by atoms with van der Waals surface area (Å²) in [5, 5.41) is 32.6. The first-order valence-electron chi connectivity index (χ1n) is 12.9. The first-order valence-corrected chi connectivity index (χ1v) is 12.9. The standard InChI is InChI=1S/C30H39N3O3/c34-28(25-10-4-1-5-11-25)22-31-16-18-32(23-29(35)26-12-6-2-7-13-26)20-21-33(19-17-31)24-30(36)27-14-8-3-9-15-27/h1-15,28-30,34-36H,16-24H2/t28-,29-,30+/m0/s1. The highest BCUT2D eigenvalue weighted by Crippen LogP contribution is 2.18. The number of aliphatic hydroxyl groups excluding tert-OH is 3. The van der Waals surface area contributed by atoms with Gasteiger partial charge in [-0.25, -0.2) is 0 Å². The fourth-order valence-corrected chi connectivity index (χ4v) is 4.81. The molecule has 1 fully saturated rings. The molecule has 0 amide bonds. The van der Waals surface area contributed by atoms with Gasteiger partial charge in [-0.2, -0.15) is 0 Å². The molecule has 0 spiro atoms. The summed E-state index contributed by atoms with van der Waals surface area (Å²) in [4.78, 5) is 6.90. The molecular weight excluding hydrogens is 450 g/mol. The van der Waals surface area contributed by atoms with Gasteiger partial charge in [0.2, 0.25) is 0 Å². The largest absolute Gasteiger partial charge is 0.387 e. The summed E-state index contributed by atoms with van der Waals surface area (Å²) in [7, 11) is 0. The van der Waals surface area contributed by atoms with E-state index in [1.54, 1.807) is 0 Å². The molecule has 0 aromatic heterocycles. The predicted molar refractivity (Wildman–Crippen MR) is 144 cm³/mol. The number of hydrogen-bond acceptors (Lipinski definition) is 6. The molecule has 192 valence electrons. The molecule has 36 heavy (non-hydrogen) atoms. The summed E-state index contributed by atoms with van der Waals surface area (Å²) in [5.74, 6) is 0. The molecule has 1 aliphatic heterocycles. The van der Waals surface area contributed by atoms with Crippen LogP contribution in [0.25, 0.3) is 0 Å². The molecule has 0 aliphatic carbocycles. The Bertz CT molecular complexity index is 862. The maximum Gasteiger partial charge on any atom is 0.0916 e. The van der Waals surface area contributed by atoms with Crippen molar-refractivity contribution in [3.05, 3.63) is 108 Å². The smallest absolute Gasteiger partial charge is 0.0916 e. The zero-order valence-corrected chi connectivity index (χ0v) is 20.9. The summed E-state index contributed by atoms with van der Waals surface area (Å²) in [6.07, 6.45) is -1.67. The minimum Gasteiger partial charge on any atom is -0.387 e. The number of nitrogens with zero attached hydrogens (tertiary/aromatic N) is 3. The molecule has 3 aromatic carbocycles. The lowest BCUT2D eigenvalue weighted by molar-refractivity contribution is 0.0903. The van der Waals surface area contributed by atoms with Crippen molar-refractivity contribution < 1.29 is 15.3 Å². The third-order valence-corrected chi connectivity index (χ3v) is 7.04. The lowest BCUT2D eigenvalue weighted by atomic mass is 10.1. The molecule has 0 bridgehead atoms. The fraction of sp³-hybridized carbons (Fsp3) is 0.400. The van der Waals surface area contributed by atoms with Crippen LogP contribution in [0.1, 0.15) is 35.0 Å². The van der Waals surface area contributed by atoms with E-state index in [1.807, 2.05) is 91.0 Å². The molecule has 0 radical (unpaired) electrons. The molecule has 3 atom stereocenters. The van der Waals surface area contributed by atoms with E-state index in [0.29, 0.717) is 19.6 Å². The Morgan fingerprint density at radius 1 is 0.417 bits per heavy atom. The molecule has 1 aliphatic rings. The minimum absolute atomic E-state index is 0.550. The van der Waals surface area contributed by atoms with Crippen LogP contribution >= 0.6 is 0 Å². The number of β-amino-alcohol motifs (C(OH)–C–C–N with tert-alkyl or cyclic N) is 3. The average Bonchev–Trinajstić information content (AvgIpc) is 3.01. The van der Waals surface area contributed by atoms with E-state index >= 15 is 0 Å². The van der Waals surface area contributed by atoms with Crippen LogP contribution in [0.4, 0.5) is 0 Å². The minimum atomic E-state index is -0.557. The first-order chi connectivity index (χ1) is 17.6. The van der Waals surface area contributed by atoms with Crippen LogP contribution in [0.15, 0.2) is 91.0 Å². The third kappa shape index (κ3) is 7.96. The van der Waals surface area contributed by atoms with E-state index in [4.69, 9.17) is 0 Å². The highest BCUT2D eigenvalue weighted by atomic mass is 16.3.